The maximum Gasteiger partial charge on any atom is 1.00 e. The van der Waals surface area contributed by atoms with E-state index in [9.17, 15) is 0 Å². The quantitative estimate of drug-likeness (QED) is 0.0347. The molecule has 0 aliphatic carbocycles. The molecule has 1 aliphatic rings. The van der Waals surface area contributed by atoms with E-state index in [-0.39, 0.29) is 164 Å². The molecule has 25 rings (SSSR count). The summed E-state index contributed by atoms with van der Waals surface area (Å²) in [6.07, 6.45) is 5.48. The SMILES string of the molecule is Brc1cc(Br)cc(-c2nc(-c3ccc4ccccc4c3)cc(-c3ccc4ccccc4c3)n2)c1.CC1(C)OB(c2ccc(-c3ccc4ccc5cccnc5c4n3)cc2)OC1(C)C.O=CO[O-].[Cs+].[Cs+].[H-].c1ccc2cc(-c3cc(-c4ccc5ccccc5c4)nc(-c4cc(-c5ccc(-c6ccc7ccc8cccnc8c7n6)cc5)cc(-c5ccc(-c6ccc7ccc8cccnc8c7n6)cc5)c4)n3)ccc2c1. The van der Waals surface area contributed by atoms with E-state index >= 15 is 0 Å². The second-order valence-corrected chi connectivity index (χ2v) is 37.2. The number of aromatic nitrogens is 10. The number of carbonyl (C=O) groups is 1. The van der Waals surface area contributed by atoms with Crippen LogP contribution >= 0.6 is 31.9 Å². The number of hydrogen-bond acceptors (Lipinski definition) is 15. The summed E-state index contributed by atoms with van der Waals surface area (Å²) in [7, 11) is -0.355. The molecule has 9 heterocycles. The van der Waals surface area contributed by atoms with Crippen LogP contribution in [0.2, 0.25) is 0 Å². The van der Waals surface area contributed by atoms with Crippen molar-refractivity contribution in [3.05, 3.63) is 428 Å². The van der Waals surface area contributed by atoms with Gasteiger partial charge in [-0.05, 0) is 208 Å². The molecule has 0 amide bonds. The monoisotopic (exact) mass is 2190 g/mol. The Labute approximate surface area is 950 Å². The van der Waals surface area contributed by atoms with Crippen LogP contribution in [0.3, 0.4) is 0 Å². The molecule has 0 spiro atoms. The van der Waals surface area contributed by atoms with Crippen LogP contribution in [-0.4, -0.2) is 74.6 Å². The van der Waals surface area contributed by atoms with Crippen LogP contribution in [0.1, 0.15) is 29.1 Å². The first-order chi connectivity index (χ1) is 68.0. The van der Waals surface area contributed by atoms with Crippen LogP contribution in [0, 0.1) is 0 Å². The van der Waals surface area contributed by atoms with Crippen LogP contribution in [0.25, 0.3) is 232 Å². The summed E-state index contributed by atoms with van der Waals surface area (Å²) in [5.74, 6) is 1.33. The number of nitrogens with zero attached hydrogens (tertiary/aromatic N) is 10. The van der Waals surface area contributed by atoms with Crippen LogP contribution in [-0.2, 0) is 19.0 Å². The molecule has 1 fully saturated rings. The predicted octanol–water partition coefficient (Wildman–Crippen LogP) is 23.3. The average molecular weight is 2190 g/mol. The Morgan fingerprint density at radius 2 is 0.504 bits per heavy atom. The van der Waals surface area contributed by atoms with Crippen molar-refractivity contribution in [2.45, 2.75) is 38.9 Å². The van der Waals surface area contributed by atoms with Crippen LogP contribution < -0.4 is 149 Å². The van der Waals surface area contributed by atoms with E-state index in [1.165, 1.54) is 32.3 Å². The Hall–Kier alpha value is -12.3. The second-order valence-electron chi connectivity index (χ2n) is 35.4. The Morgan fingerprint density at radius 1 is 0.255 bits per heavy atom. The zero-order chi connectivity index (χ0) is 94.2. The van der Waals surface area contributed by atoms with E-state index in [0.717, 1.165) is 203 Å². The molecule has 0 N–H and O–H groups in total. The molecular formula is C121H83BBr2Cs2N10O5. The van der Waals surface area contributed by atoms with Crippen molar-refractivity contribution in [2.75, 3.05) is 0 Å². The van der Waals surface area contributed by atoms with Crippen LogP contribution in [0.4, 0.5) is 0 Å². The molecule has 15 nitrogen and oxygen atoms in total. The first-order valence-corrected chi connectivity index (χ1v) is 47.3. The van der Waals surface area contributed by atoms with Crippen molar-refractivity contribution >= 4 is 159 Å². The van der Waals surface area contributed by atoms with Crippen molar-refractivity contribution in [2.24, 2.45) is 0 Å². The van der Waals surface area contributed by atoms with Gasteiger partial charge in [0.05, 0.1) is 84.2 Å². The number of carbonyl (C=O) groups excluding carboxylic acids is 1. The van der Waals surface area contributed by atoms with E-state index in [1.807, 2.05) is 42.9 Å². The van der Waals surface area contributed by atoms with E-state index < -0.39 is 0 Å². The van der Waals surface area contributed by atoms with Crippen molar-refractivity contribution < 1.29 is 163 Å². The van der Waals surface area contributed by atoms with Crippen molar-refractivity contribution in [1.29, 1.82) is 0 Å². The fourth-order valence-electron chi connectivity index (χ4n) is 18.0. The molecule has 20 heteroatoms. The Bertz CT molecular complexity index is 8530. The fourth-order valence-corrected chi connectivity index (χ4v) is 19.3. The van der Waals surface area contributed by atoms with Crippen molar-refractivity contribution in [3.8, 4) is 124 Å². The first-order valence-electron chi connectivity index (χ1n) is 45.7. The standard InChI is InChI=1S/C66H40N6.C30H18Br2N2.C24H23BN2O2.CH2O3.2Cs.H/c1-3-9-51-35-53(27-17-41(51)7-1)60-40-61(54-28-18-42-8-2-4-10-52(42)36-54)72-66(71-60)57-38-55(43-13-19-45(20-14-43)58-31-29-49-25-23-47-11-5-33-67-62(47)64(49)69-58)37-56(39-57)44-15-21-46(22-16-44)59-32-30-50-26-24-48-12-6-34-68-63(48)65(50)70-59;31-26-15-25(16-27(32)17-26)30-33-28(23-11-9-19-5-1-3-7-21(19)13-23)18-29(34-30)24-12-10-20-6-2-4-8-22(20)14-24;1-23(2)24(3,4)29-25(28-23)19-12-9-16(10-13-19)20-14-11-18-8-7-17-6-5-15-26-21(17)22(18)27-20;2-1-4-3;;;/h1-40H;1-18H;5-15H,1-4H3;1,3H;;;/q;;;;2*+1;-1/p-1. The van der Waals surface area contributed by atoms with E-state index in [1.54, 1.807) is 0 Å². The summed E-state index contributed by atoms with van der Waals surface area (Å²) in [5.41, 5.74) is 25.4. The normalized spacial score (nSPS) is 12.5. The summed E-state index contributed by atoms with van der Waals surface area (Å²) in [6, 6.07) is 140. The van der Waals surface area contributed by atoms with Gasteiger partial charge in [0.1, 0.15) is 0 Å². The van der Waals surface area contributed by atoms with Gasteiger partial charge >= 0.3 is 145 Å². The summed E-state index contributed by atoms with van der Waals surface area (Å²) >= 11 is 7.21. The molecule has 0 radical (unpaired) electrons. The third kappa shape index (κ3) is 20.6. The minimum Gasteiger partial charge on any atom is -1.00 e. The van der Waals surface area contributed by atoms with Gasteiger partial charge in [-0.1, -0.05) is 323 Å². The van der Waals surface area contributed by atoms with Gasteiger partial charge in [-0.2, -0.15) is 0 Å². The number of benzene rings is 16. The predicted molar refractivity (Wildman–Crippen MR) is 572 cm³/mol. The maximum atomic E-state index is 8.64. The molecule has 141 heavy (non-hydrogen) atoms. The molecule has 1 saturated heterocycles. The summed E-state index contributed by atoms with van der Waals surface area (Å²) in [4.78, 5) is 61.2. The van der Waals surface area contributed by atoms with Gasteiger partial charge in [-0.3, -0.25) is 19.7 Å². The Balaban J connectivity index is 0.000000151. The Kier molecular flexibility index (Phi) is 28.7. The summed E-state index contributed by atoms with van der Waals surface area (Å²) in [5, 5.41) is 24.4. The third-order valence-electron chi connectivity index (χ3n) is 26.0. The van der Waals surface area contributed by atoms with Gasteiger partial charge in [-0.15, -0.1) is 0 Å². The molecule has 666 valence electrons. The van der Waals surface area contributed by atoms with Gasteiger partial charge in [0.25, 0.3) is 6.47 Å². The number of fused-ring (bicyclic) bond motifs is 13. The number of pyridine rings is 6. The summed E-state index contributed by atoms with van der Waals surface area (Å²) in [6.45, 7) is 8.09. The molecule has 24 aromatic rings. The molecule has 0 unspecified atom stereocenters. The van der Waals surface area contributed by atoms with Gasteiger partial charge < -0.3 is 20.9 Å². The zero-order valence-corrected chi connectivity index (χ0v) is 93.5. The number of halogens is 2. The Morgan fingerprint density at radius 3 is 0.816 bits per heavy atom. The molecule has 0 saturated carbocycles. The van der Waals surface area contributed by atoms with E-state index in [4.69, 9.17) is 64.2 Å². The fraction of sp³-hybridized carbons (Fsp3) is 0.0496. The van der Waals surface area contributed by atoms with Gasteiger partial charge in [0.2, 0.25) is 0 Å². The van der Waals surface area contributed by atoms with E-state index in [2.05, 4.69) is 446 Å². The molecule has 8 aromatic heterocycles. The van der Waals surface area contributed by atoms with Crippen molar-refractivity contribution in [1.82, 2.24) is 49.8 Å². The van der Waals surface area contributed by atoms with Crippen molar-refractivity contribution in [3.63, 3.8) is 0 Å². The van der Waals surface area contributed by atoms with Gasteiger partial charge in [0, 0.05) is 110 Å². The molecule has 1 aliphatic heterocycles. The van der Waals surface area contributed by atoms with Crippen LogP contribution in [0.15, 0.2) is 428 Å². The molecule has 16 aromatic carbocycles. The van der Waals surface area contributed by atoms with E-state index in [0.29, 0.717) is 11.6 Å². The third-order valence-corrected chi connectivity index (χ3v) is 27.0. The smallest absolute Gasteiger partial charge is 1.00 e. The van der Waals surface area contributed by atoms with Gasteiger partial charge in [-0.25, -0.2) is 34.9 Å². The molecular weight excluding hydrogens is 2110 g/mol. The largest absolute Gasteiger partial charge is 1.00 e. The molecule has 0 atom stereocenters. The second kappa shape index (κ2) is 42.1. The first kappa shape index (κ1) is 96.2. The minimum atomic E-state index is -0.355. The van der Waals surface area contributed by atoms with Gasteiger partial charge in [0.15, 0.2) is 11.6 Å². The maximum absolute atomic E-state index is 8.64. The topological polar surface area (TPSA) is 197 Å². The minimum absolute atomic E-state index is 0. The zero-order valence-electron chi connectivity index (χ0n) is 78.8. The summed E-state index contributed by atoms with van der Waals surface area (Å²) < 4.78 is 14.3. The van der Waals surface area contributed by atoms with Crippen LogP contribution in [0.5, 0.6) is 0 Å². The number of rotatable bonds is 13. The average Bonchev–Trinajstić information content (AvgIpc) is 1.62. The number of hydrogen-bond donors (Lipinski definition) is 0. The molecule has 0 bridgehead atoms.